The molecule has 1 fully saturated rings. The van der Waals surface area contributed by atoms with E-state index >= 15 is 0 Å². The van der Waals surface area contributed by atoms with E-state index in [2.05, 4.69) is 17.1 Å². The van der Waals surface area contributed by atoms with Gasteiger partial charge in [-0.2, -0.15) is 0 Å². The van der Waals surface area contributed by atoms with E-state index in [0.29, 0.717) is 12.5 Å². The second-order valence-corrected chi connectivity index (χ2v) is 5.79. The van der Waals surface area contributed by atoms with E-state index in [0.717, 1.165) is 25.9 Å². The van der Waals surface area contributed by atoms with Crippen LogP contribution in [-0.4, -0.2) is 42.0 Å². The van der Waals surface area contributed by atoms with E-state index in [-0.39, 0.29) is 11.4 Å². The lowest BCUT2D eigenvalue weighted by Crippen LogP contribution is -2.48. The number of hydrogen-bond acceptors (Lipinski definition) is 3. The Kier molecular flexibility index (Phi) is 5.40. The third-order valence-corrected chi connectivity index (χ3v) is 3.31. The molecule has 1 unspecified atom stereocenters. The zero-order valence-corrected chi connectivity index (χ0v) is 11.5. The van der Waals surface area contributed by atoms with Gasteiger partial charge in [0.2, 0.25) is 5.91 Å². The molecule has 100 valence electrons. The lowest BCUT2D eigenvalue weighted by molar-refractivity contribution is -0.122. The number of carbonyl (C=O) groups is 1. The second-order valence-electron chi connectivity index (χ2n) is 5.79. The summed E-state index contributed by atoms with van der Waals surface area (Å²) in [4.78, 5) is 14.2. The lowest BCUT2D eigenvalue weighted by atomic mass is 9.99. The van der Waals surface area contributed by atoms with Crippen molar-refractivity contribution in [3.63, 3.8) is 0 Å². The summed E-state index contributed by atoms with van der Waals surface area (Å²) in [6.45, 7) is 9.32. The zero-order valence-electron chi connectivity index (χ0n) is 11.5. The van der Waals surface area contributed by atoms with Crippen LogP contribution in [0.1, 0.15) is 46.5 Å². The predicted octanol–water partition coefficient (Wildman–Crippen LogP) is 1.10. The molecule has 0 aromatic carbocycles. The summed E-state index contributed by atoms with van der Waals surface area (Å²) < 4.78 is 0. The van der Waals surface area contributed by atoms with E-state index in [9.17, 15) is 4.79 Å². The minimum atomic E-state index is -0.251. The molecule has 0 aliphatic carbocycles. The molecular formula is C13H27N3O. The molecule has 1 aliphatic rings. The van der Waals surface area contributed by atoms with Crippen LogP contribution in [0.5, 0.6) is 0 Å². The standard InChI is InChI=1S/C13H27N3O/c1-4-16-9-5-6-11(10-16)15-12(17)7-8-13(2,3)14/h11H,4-10,14H2,1-3H3,(H,15,17). The fourth-order valence-electron chi connectivity index (χ4n) is 2.20. The average molecular weight is 241 g/mol. The van der Waals surface area contributed by atoms with E-state index in [1.165, 1.54) is 13.0 Å². The van der Waals surface area contributed by atoms with Crippen LogP contribution < -0.4 is 11.1 Å². The molecule has 0 bridgehead atoms. The molecule has 1 rings (SSSR count). The first kappa shape index (κ1) is 14.5. The van der Waals surface area contributed by atoms with Crippen LogP contribution in [0.15, 0.2) is 0 Å². The van der Waals surface area contributed by atoms with Gasteiger partial charge in [0.05, 0.1) is 0 Å². The topological polar surface area (TPSA) is 58.4 Å². The zero-order chi connectivity index (χ0) is 12.9. The van der Waals surface area contributed by atoms with Crippen molar-refractivity contribution in [2.75, 3.05) is 19.6 Å². The Morgan fingerprint density at radius 2 is 2.24 bits per heavy atom. The third-order valence-electron chi connectivity index (χ3n) is 3.31. The number of nitrogens with two attached hydrogens (primary N) is 1. The van der Waals surface area contributed by atoms with Crippen LogP contribution in [0.2, 0.25) is 0 Å². The lowest BCUT2D eigenvalue weighted by Gasteiger charge is -2.32. The summed E-state index contributed by atoms with van der Waals surface area (Å²) in [5, 5.41) is 3.12. The van der Waals surface area contributed by atoms with Crippen LogP contribution in [0, 0.1) is 0 Å². The summed E-state index contributed by atoms with van der Waals surface area (Å²) in [6.07, 6.45) is 3.56. The number of hydrogen-bond donors (Lipinski definition) is 2. The average Bonchev–Trinajstić information content (AvgIpc) is 2.26. The van der Waals surface area contributed by atoms with E-state index in [1.807, 2.05) is 13.8 Å². The van der Waals surface area contributed by atoms with Crippen LogP contribution in [0.25, 0.3) is 0 Å². The Bertz CT molecular complexity index is 248. The Labute approximate surface area is 105 Å². The Balaban J connectivity index is 2.26. The summed E-state index contributed by atoms with van der Waals surface area (Å²) in [5.41, 5.74) is 5.62. The Hall–Kier alpha value is -0.610. The molecular weight excluding hydrogens is 214 g/mol. The molecule has 1 heterocycles. The molecule has 0 saturated carbocycles. The number of likely N-dealkylation sites (tertiary alicyclic amines) is 1. The van der Waals surface area contributed by atoms with Gasteiger partial charge in [-0.05, 0) is 46.2 Å². The van der Waals surface area contributed by atoms with Crippen molar-refractivity contribution >= 4 is 5.91 Å². The normalized spacial score (nSPS) is 22.5. The third kappa shape index (κ3) is 6.03. The van der Waals surface area contributed by atoms with E-state index in [1.54, 1.807) is 0 Å². The van der Waals surface area contributed by atoms with Crippen molar-refractivity contribution in [2.45, 2.75) is 58.0 Å². The molecule has 1 saturated heterocycles. The maximum Gasteiger partial charge on any atom is 0.220 e. The van der Waals surface area contributed by atoms with Gasteiger partial charge in [0, 0.05) is 24.5 Å². The summed E-state index contributed by atoms with van der Waals surface area (Å²) in [6, 6.07) is 0.331. The molecule has 0 aromatic heterocycles. The van der Waals surface area contributed by atoms with Gasteiger partial charge in [-0.25, -0.2) is 0 Å². The van der Waals surface area contributed by atoms with Gasteiger partial charge in [-0.3, -0.25) is 4.79 Å². The number of nitrogens with zero attached hydrogens (tertiary/aromatic N) is 1. The number of nitrogens with one attached hydrogen (secondary N) is 1. The Morgan fingerprint density at radius 3 is 2.82 bits per heavy atom. The minimum absolute atomic E-state index is 0.145. The molecule has 1 atom stereocenters. The molecule has 1 amide bonds. The number of amides is 1. The van der Waals surface area contributed by atoms with Crippen molar-refractivity contribution in [2.24, 2.45) is 5.73 Å². The minimum Gasteiger partial charge on any atom is -0.352 e. The fourth-order valence-corrected chi connectivity index (χ4v) is 2.20. The smallest absolute Gasteiger partial charge is 0.220 e. The van der Waals surface area contributed by atoms with Crippen LogP contribution >= 0.6 is 0 Å². The maximum absolute atomic E-state index is 11.8. The molecule has 0 spiro atoms. The first-order chi connectivity index (χ1) is 7.90. The highest BCUT2D eigenvalue weighted by Crippen LogP contribution is 2.11. The first-order valence-corrected chi connectivity index (χ1v) is 6.71. The van der Waals surface area contributed by atoms with Gasteiger partial charge in [-0.15, -0.1) is 0 Å². The number of rotatable bonds is 5. The molecule has 3 N–H and O–H groups in total. The Morgan fingerprint density at radius 1 is 1.53 bits per heavy atom. The molecule has 4 nitrogen and oxygen atoms in total. The van der Waals surface area contributed by atoms with Gasteiger partial charge in [-0.1, -0.05) is 6.92 Å². The summed E-state index contributed by atoms with van der Waals surface area (Å²) in [7, 11) is 0. The summed E-state index contributed by atoms with van der Waals surface area (Å²) in [5.74, 6) is 0.145. The van der Waals surface area contributed by atoms with Crippen molar-refractivity contribution in [1.82, 2.24) is 10.2 Å². The highest BCUT2D eigenvalue weighted by atomic mass is 16.1. The van der Waals surface area contributed by atoms with Crippen molar-refractivity contribution in [3.8, 4) is 0 Å². The molecule has 4 heteroatoms. The van der Waals surface area contributed by atoms with Crippen LogP contribution in [0.4, 0.5) is 0 Å². The van der Waals surface area contributed by atoms with Gasteiger partial charge in [0.1, 0.15) is 0 Å². The summed E-state index contributed by atoms with van der Waals surface area (Å²) >= 11 is 0. The van der Waals surface area contributed by atoms with E-state index in [4.69, 9.17) is 5.73 Å². The van der Waals surface area contributed by atoms with Crippen LogP contribution in [-0.2, 0) is 4.79 Å². The predicted molar refractivity (Wildman–Crippen MR) is 70.8 cm³/mol. The SMILES string of the molecule is CCN1CCCC(NC(=O)CCC(C)(C)N)C1. The fraction of sp³-hybridized carbons (Fsp3) is 0.923. The van der Waals surface area contributed by atoms with Gasteiger partial charge in [0.15, 0.2) is 0 Å². The monoisotopic (exact) mass is 241 g/mol. The van der Waals surface area contributed by atoms with Crippen molar-refractivity contribution in [3.05, 3.63) is 0 Å². The van der Waals surface area contributed by atoms with Gasteiger partial charge >= 0.3 is 0 Å². The highest BCUT2D eigenvalue weighted by Gasteiger charge is 2.21. The molecule has 0 aromatic rings. The second kappa shape index (κ2) is 6.36. The molecule has 0 radical (unpaired) electrons. The maximum atomic E-state index is 11.8. The number of likely N-dealkylation sites (N-methyl/N-ethyl adjacent to an activating group) is 1. The van der Waals surface area contributed by atoms with Crippen LogP contribution in [0.3, 0.4) is 0 Å². The number of piperidine rings is 1. The largest absolute Gasteiger partial charge is 0.352 e. The molecule has 17 heavy (non-hydrogen) atoms. The number of carbonyl (C=O) groups excluding carboxylic acids is 1. The highest BCUT2D eigenvalue weighted by molar-refractivity contribution is 5.76. The van der Waals surface area contributed by atoms with Crippen molar-refractivity contribution in [1.29, 1.82) is 0 Å². The van der Waals surface area contributed by atoms with Gasteiger partial charge < -0.3 is 16.0 Å². The van der Waals surface area contributed by atoms with Gasteiger partial charge in [0.25, 0.3) is 0 Å². The van der Waals surface area contributed by atoms with E-state index < -0.39 is 0 Å². The first-order valence-electron chi connectivity index (χ1n) is 6.71. The quantitative estimate of drug-likeness (QED) is 0.758. The van der Waals surface area contributed by atoms with Crippen molar-refractivity contribution < 1.29 is 4.79 Å². The molecule has 1 aliphatic heterocycles.